The molecular formula is C29H23N3O2S. The SMILES string of the molecule is N#C/C(C(=O)NCCc1ccccc1)=c1\s/c(=C/C=C/c2ccccc2)c(=O)n1-c1ccccc1. The molecule has 5 nitrogen and oxygen atoms in total. The first-order chi connectivity index (χ1) is 17.2. The molecule has 1 amide bonds. The van der Waals surface area contributed by atoms with Crippen molar-refractivity contribution in [3.05, 3.63) is 128 Å². The number of rotatable bonds is 7. The van der Waals surface area contributed by atoms with Gasteiger partial charge in [-0.15, -0.1) is 11.3 Å². The standard InChI is InChI=1S/C29H23N3O2S/c30-21-25(27(33)31-20-19-23-13-6-2-7-14-23)29-32(24-16-8-3-9-17-24)28(34)26(35-29)18-10-15-22-11-4-1-5-12-22/h1-18H,19-20H2,(H,31,33)/b15-10+,26-18+,29-25+. The monoisotopic (exact) mass is 477 g/mol. The smallest absolute Gasteiger partial charge is 0.273 e. The summed E-state index contributed by atoms with van der Waals surface area (Å²) >= 11 is 1.13. The van der Waals surface area contributed by atoms with Crippen LogP contribution >= 0.6 is 11.3 Å². The van der Waals surface area contributed by atoms with E-state index < -0.39 is 5.91 Å². The molecule has 172 valence electrons. The second-order valence-corrected chi connectivity index (χ2v) is 8.69. The van der Waals surface area contributed by atoms with E-state index in [2.05, 4.69) is 5.32 Å². The molecule has 0 fully saturated rings. The van der Waals surface area contributed by atoms with Crippen LogP contribution in [-0.2, 0) is 11.2 Å². The summed E-state index contributed by atoms with van der Waals surface area (Å²) in [4.78, 5) is 26.3. The number of nitriles is 1. The molecule has 0 spiro atoms. The highest BCUT2D eigenvalue weighted by molar-refractivity contribution is 7.07. The van der Waals surface area contributed by atoms with Crippen molar-refractivity contribution in [1.82, 2.24) is 9.88 Å². The molecule has 4 aromatic rings. The van der Waals surface area contributed by atoms with Gasteiger partial charge in [0.2, 0.25) is 0 Å². The van der Waals surface area contributed by atoms with Crippen molar-refractivity contribution in [3.8, 4) is 11.8 Å². The molecule has 0 unspecified atom stereocenters. The van der Waals surface area contributed by atoms with Gasteiger partial charge in [-0.2, -0.15) is 5.26 Å². The Morgan fingerprint density at radius 2 is 1.57 bits per heavy atom. The third-order valence-electron chi connectivity index (χ3n) is 5.27. The van der Waals surface area contributed by atoms with E-state index in [0.717, 1.165) is 22.5 Å². The van der Waals surface area contributed by atoms with Crippen molar-refractivity contribution < 1.29 is 4.79 Å². The molecule has 0 aliphatic carbocycles. The molecule has 0 bridgehead atoms. The van der Waals surface area contributed by atoms with E-state index in [1.54, 1.807) is 24.3 Å². The number of hydrogen-bond acceptors (Lipinski definition) is 4. The topological polar surface area (TPSA) is 74.9 Å². The van der Waals surface area contributed by atoms with Crippen LogP contribution < -0.4 is 20.1 Å². The van der Waals surface area contributed by atoms with Gasteiger partial charge < -0.3 is 5.32 Å². The molecule has 0 aliphatic rings. The van der Waals surface area contributed by atoms with Crippen LogP contribution in [0.2, 0.25) is 0 Å². The van der Waals surface area contributed by atoms with E-state index in [-0.39, 0.29) is 11.1 Å². The maximum atomic E-state index is 13.3. The van der Waals surface area contributed by atoms with Crippen LogP contribution in [0.5, 0.6) is 0 Å². The Bertz CT molecular complexity index is 1550. The van der Waals surface area contributed by atoms with Gasteiger partial charge in [-0.05, 0) is 35.8 Å². The highest BCUT2D eigenvalue weighted by atomic mass is 32.1. The highest BCUT2D eigenvalue weighted by Crippen LogP contribution is 2.04. The van der Waals surface area contributed by atoms with Crippen molar-refractivity contribution in [2.24, 2.45) is 0 Å². The van der Waals surface area contributed by atoms with Crippen molar-refractivity contribution in [2.75, 3.05) is 6.54 Å². The number of carbonyl (C=O) groups excluding carboxylic acids is 1. The Kier molecular flexibility index (Phi) is 7.84. The first kappa shape index (κ1) is 23.7. The summed E-state index contributed by atoms with van der Waals surface area (Å²) in [5.41, 5.74) is 2.33. The van der Waals surface area contributed by atoms with Crippen LogP contribution in [0.25, 0.3) is 23.4 Å². The van der Waals surface area contributed by atoms with E-state index in [1.807, 2.05) is 91.0 Å². The van der Waals surface area contributed by atoms with E-state index in [4.69, 9.17) is 0 Å². The van der Waals surface area contributed by atoms with Gasteiger partial charge in [0.15, 0.2) is 5.57 Å². The fourth-order valence-electron chi connectivity index (χ4n) is 3.54. The average molecular weight is 478 g/mol. The predicted molar refractivity (Wildman–Crippen MR) is 141 cm³/mol. The molecule has 0 saturated heterocycles. The number of hydrogen-bond donors (Lipinski definition) is 1. The summed E-state index contributed by atoms with van der Waals surface area (Å²) in [5.74, 6) is -0.499. The number of aromatic nitrogens is 1. The van der Waals surface area contributed by atoms with E-state index in [0.29, 0.717) is 27.8 Å². The predicted octanol–water partition coefficient (Wildman–Crippen LogP) is 3.43. The first-order valence-corrected chi connectivity index (χ1v) is 12.0. The maximum Gasteiger partial charge on any atom is 0.273 e. The van der Waals surface area contributed by atoms with Crippen LogP contribution in [0, 0.1) is 11.3 Å². The molecule has 0 radical (unpaired) electrons. The Labute approximate surface area is 207 Å². The molecule has 0 saturated carbocycles. The van der Waals surface area contributed by atoms with Gasteiger partial charge in [0.25, 0.3) is 11.5 Å². The van der Waals surface area contributed by atoms with Gasteiger partial charge in [0, 0.05) is 6.54 Å². The highest BCUT2D eigenvalue weighted by Gasteiger charge is 2.16. The van der Waals surface area contributed by atoms with Gasteiger partial charge in [0.1, 0.15) is 10.7 Å². The summed E-state index contributed by atoms with van der Waals surface area (Å²) in [7, 11) is 0. The maximum absolute atomic E-state index is 13.3. The third-order valence-corrected chi connectivity index (χ3v) is 6.38. The van der Waals surface area contributed by atoms with Crippen LogP contribution in [-0.4, -0.2) is 17.0 Å². The van der Waals surface area contributed by atoms with Crippen molar-refractivity contribution >= 4 is 35.0 Å². The Hall–Kier alpha value is -4.47. The molecule has 3 aromatic carbocycles. The largest absolute Gasteiger partial charge is 0.351 e. The lowest BCUT2D eigenvalue weighted by atomic mass is 10.1. The number of amides is 1. The van der Waals surface area contributed by atoms with Crippen LogP contribution in [0.3, 0.4) is 0 Å². The Morgan fingerprint density at radius 3 is 2.23 bits per heavy atom. The lowest BCUT2D eigenvalue weighted by molar-refractivity contribution is -0.115. The second-order valence-electron chi connectivity index (χ2n) is 7.66. The summed E-state index contributed by atoms with van der Waals surface area (Å²) in [6, 6.07) is 30.6. The zero-order valence-corrected chi connectivity index (χ0v) is 19.7. The lowest BCUT2D eigenvalue weighted by Gasteiger charge is -2.06. The summed E-state index contributed by atoms with van der Waals surface area (Å²) in [6.07, 6.45) is 6.06. The van der Waals surface area contributed by atoms with Crippen LogP contribution in [0.1, 0.15) is 11.1 Å². The fraction of sp³-hybridized carbons (Fsp3) is 0.0690. The number of nitrogens with zero attached hydrogens (tertiary/aromatic N) is 2. The molecule has 1 N–H and O–H groups in total. The summed E-state index contributed by atoms with van der Waals surface area (Å²) < 4.78 is 2.17. The summed E-state index contributed by atoms with van der Waals surface area (Å²) in [6.45, 7) is 0.383. The molecule has 0 aliphatic heterocycles. The van der Waals surface area contributed by atoms with E-state index >= 15 is 0 Å². The number of allylic oxidation sites excluding steroid dienone is 1. The number of benzene rings is 3. The minimum atomic E-state index is -0.499. The van der Waals surface area contributed by atoms with Crippen LogP contribution in [0.15, 0.2) is 102 Å². The van der Waals surface area contributed by atoms with Gasteiger partial charge in [-0.25, -0.2) is 0 Å². The lowest BCUT2D eigenvalue weighted by Crippen LogP contribution is -2.34. The van der Waals surface area contributed by atoms with E-state index in [9.17, 15) is 14.9 Å². The molecule has 4 rings (SSSR count). The summed E-state index contributed by atoms with van der Waals surface area (Å²) in [5, 5.41) is 12.7. The second kappa shape index (κ2) is 11.6. The molecular weight excluding hydrogens is 454 g/mol. The van der Waals surface area contributed by atoms with Gasteiger partial charge in [-0.3, -0.25) is 14.2 Å². The normalized spacial score (nSPS) is 12.4. The number of carbonyl (C=O) groups is 1. The minimum Gasteiger partial charge on any atom is -0.351 e. The molecule has 6 heteroatoms. The molecule has 1 heterocycles. The van der Waals surface area contributed by atoms with Gasteiger partial charge in [-0.1, -0.05) is 91.0 Å². The number of para-hydroxylation sites is 1. The molecule has 0 atom stereocenters. The molecule has 35 heavy (non-hydrogen) atoms. The van der Waals surface area contributed by atoms with Crippen molar-refractivity contribution in [3.63, 3.8) is 0 Å². The van der Waals surface area contributed by atoms with Crippen molar-refractivity contribution in [2.45, 2.75) is 6.42 Å². The quantitative estimate of drug-likeness (QED) is 0.443. The molecule has 1 aromatic heterocycles. The van der Waals surface area contributed by atoms with Crippen molar-refractivity contribution in [1.29, 1.82) is 5.26 Å². The zero-order chi connectivity index (χ0) is 24.5. The Balaban J connectivity index is 1.73. The number of thiazole rings is 1. The van der Waals surface area contributed by atoms with Gasteiger partial charge >= 0.3 is 0 Å². The van der Waals surface area contributed by atoms with Crippen LogP contribution in [0.4, 0.5) is 0 Å². The first-order valence-electron chi connectivity index (χ1n) is 11.1. The number of nitrogens with one attached hydrogen (secondary N) is 1. The van der Waals surface area contributed by atoms with E-state index in [1.165, 1.54) is 4.57 Å². The minimum absolute atomic E-state index is 0.0873. The zero-order valence-electron chi connectivity index (χ0n) is 18.9. The van der Waals surface area contributed by atoms with Gasteiger partial charge in [0.05, 0.1) is 10.2 Å². The average Bonchev–Trinajstić information content (AvgIpc) is 3.22. The third kappa shape index (κ3) is 5.91. The Morgan fingerprint density at radius 1 is 0.943 bits per heavy atom. The fourth-order valence-corrected chi connectivity index (χ4v) is 4.59.